The van der Waals surface area contributed by atoms with Crippen molar-refractivity contribution in [1.82, 2.24) is 9.55 Å². The molecule has 0 unspecified atom stereocenters. The Balaban J connectivity index is 1.76. The van der Waals surface area contributed by atoms with Crippen LogP contribution >= 0.6 is 11.6 Å². The van der Waals surface area contributed by atoms with Gasteiger partial charge in [-0.3, -0.25) is 4.79 Å². The van der Waals surface area contributed by atoms with Crippen molar-refractivity contribution in [3.05, 3.63) is 65.4 Å². The minimum absolute atomic E-state index is 0.135. The second-order valence-electron chi connectivity index (χ2n) is 4.71. The topological polar surface area (TPSA) is 34.9 Å². The minimum Gasteiger partial charge on any atom is -0.323 e. The average Bonchev–Trinajstić information content (AvgIpc) is 2.82. The Morgan fingerprint density at radius 2 is 2.00 bits per heavy atom. The number of para-hydroxylation sites is 2. The summed E-state index contributed by atoms with van der Waals surface area (Å²) in [5.74, 6) is 0.135. The van der Waals surface area contributed by atoms with E-state index >= 15 is 0 Å². The number of carbonyl (C=O) groups is 1. The van der Waals surface area contributed by atoms with Gasteiger partial charge >= 0.3 is 0 Å². The molecular formula is C16H13ClN2O. The van der Waals surface area contributed by atoms with Crippen LogP contribution in [0, 0.1) is 0 Å². The van der Waals surface area contributed by atoms with Gasteiger partial charge in [0.2, 0.25) is 0 Å². The second-order valence-corrected chi connectivity index (χ2v) is 5.14. The van der Waals surface area contributed by atoms with E-state index in [2.05, 4.69) is 4.98 Å². The van der Waals surface area contributed by atoms with Crippen molar-refractivity contribution in [3.63, 3.8) is 0 Å². The Morgan fingerprint density at radius 1 is 1.15 bits per heavy atom. The zero-order chi connectivity index (χ0) is 13.9. The molecule has 0 aliphatic rings. The van der Waals surface area contributed by atoms with Crippen LogP contribution in [-0.4, -0.2) is 15.3 Å². The van der Waals surface area contributed by atoms with Crippen molar-refractivity contribution in [2.45, 2.75) is 13.0 Å². The van der Waals surface area contributed by atoms with E-state index in [0.29, 0.717) is 18.0 Å². The molecule has 1 aromatic heterocycles. The fraction of sp³-hybridized carbons (Fsp3) is 0.125. The van der Waals surface area contributed by atoms with Crippen molar-refractivity contribution < 1.29 is 4.79 Å². The predicted molar refractivity (Wildman–Crippen MR) is 79.9 cm³/mol. The minimum atomic E-state index is 0.135. The molecule has 0 saturated heterocycles. The highest BCUT2D eigenvalue weighted by Gasteiger charge is 2.08. The second kappa shape index (κ2) is 5.47. The maximum absolute atomic E-state index is 12.1. The monoisotopic (exact) mass is 284 g/mol. The molecule has 0 amide bonds. The van der Waals surface area contributed by atoms with Crippen LogP contribution in [0.1, 0.15) is 5.56 Å². The van der Waals surface area contributed by atoms with E-state index in [9.17, 15) is 4.79 Å². The van der Waals surface area contributed by atoms with Gasteiger partial charge in [-0.1, -0.05) is 35.9 Å². The molecule has 3 aromatic rings. The van der Waals surface area contributed by atoms with E-state index in [-0.39, 0.29) is 5.78 Å². The summed E-state index contributed by atoms with van der Waals surface area (Å²) in [5.41, 5.74) is 2.82. The summed E-state index contributed by atoms with van der Waals surface area (Å²) in [7, 11) is 0. The first-order valence-electron chi connectivity index (χ1n) is 6.38. The number of benzene rings is 2. The summed E-state index contributed by atoms with van der Waals surface area (Å²) in [6.07, 6.45) is 2.09. The van der Waals surface area contributed by atoms with Crippen molar-refractivity contribution in [2.24, 2.45) is 0 Å². The van der Waals surface area contributed by atoms with Crippen molar-refractivity contribution in [2.75, 3.05) is 0 Å². The fourth-order valence-corrected chi connectivity index (χ4v) is 2.47. The van der Waals surface area contributed by atoms with Crippen LogP contribution in [0.2, 0.25) is 5.02 Å². The highest BCUT2D eigenvalue weighted by atomic mass is 35.5. The summed E-state index contributed by atoms with van der Waals surface area (Å²) >= 11 is 5.92. The number of ketones is 1. The lowest BCUT2D eigenvalue weighted by Crippen LogP contribution is -2.11. The molecule has 3 nitrogen and oxygen atoms in total. The summed E-state index contributed by atoms with van der Waals surface area (Å²) in [4.78, 5) is 16.4. The van der Waals surface area contributed by atoms with Gasteiger partial charge in [-0.25, -0.2) is 4.98 Å². The molecule has 0 bridgehead atoms. The molecule has 2 aromatic carbocycles. The van der Waals surface area contributed by atoms with E-state index < -0.39 is 0 Å². The quantitative estimate of drug-likeness (QED) is 0.735. The number of fused-ring (bicyclic) bond motifs is 1. The first-order chi connectivity index (χ1) is 9.72. The zero-order valence-corrected chi connectivity index (χ0v) is 11.5. The maximum Gasteiger partial charge on any atom is 0.156 e. The number of aromatic nitrogens is 2. The van der Waals surface area contributed by atoms with E-state index in [1.807, 2.05) is 47.0 Å². The summed E-state index contributed by atoms with van der Waals surface area (Å²) < 4.78 is 1.88. The van der Waals surface area contributed by atoms with Gasteiger partial charge in [0, 0.05) is 11.4 Å². The van der Waals surface area contributed by atoms with Gasteiger partial charge < -0.3 is 4.57 Å². The van der Waals surface area contributed by atoms with Crippen LogP contribution in [0.3, 0.4) is 0 Å². The van der Waals surface area contributed by atoms with Crippen LogP contribution in [0.15, 0.2) is 54.9 Å². The van der Waals surface area contributed by atoms with Crippen molar-refractivity contribution in [1.29, 1.82) is 0 Å². The highest BCUT2D eigenvalue weighted by molar-refractivity contribution is 6.30. The number of hydrogen-bond acceptors (Lipinski definition) is 2. The van der Waals surface area contributed by atoms with Gasteiger partial charge in [-0.15, -0.1) is 0 Å². The van der Waals surface area contributed by atoms with Gasteiger partial charge in [0.05, 0.1) is 23.9 Å². The predicted octanol–water partition coefficient (Wildman–Crippen LogP) is 3.50. The van der Waals surface area contributed by atoms with E-state index in [1.54, 1.807) is 12.4 Å². The van der Waals surface area contributed by atoms with Gasteiger partial charge in [-0.2, -0.15) is 0 Å². The lowest BCUT2D eigenvalue weighted by molar-refractivity contribution is -0.118. The van der Waals surface area contributed by atoms with Crippen LogP contribution in [0.5, 0.6) is 0 Å². The summed E-state index contributed by atoms with van der Waals surface area (Å²) in [5, 5.41) is 0.656. The first kappa shape index (κ1) is 12.9. The fourth-order valence-electron chi connectivity index (χ4n) is 2.26. The molecule has 3 rings (SSSR count). The Hall–Kier alpha value is -2.13. The molecule has 20 heavy (non-hydrogen) atoms. The number of imidazole rings is 1. The number of rotatable bonds is 4. The molecule has 100 valence electrons. The van der Waals surface area contributed by atoms with Crippen molar-refractivity contribution >= 4 is 28.4 Å². The molecule has 0 fully saturated rings. The molecule has 0 aliphatic heterocycles. The summed E-state index contributed by atoms with van der Waals surface area (Å²) in [6.45, 7) is 0.326. The lowest BCUT2D eigenvalue weighted by Gasteiger charge is -2.04. The maximum atomic E-state index is 12.1. The molecule has 0 spiro atoms. The van der Waals surface area contributed by atoms with E-state index in [1.165, 1.54) is 0 Å². The Morgan fingerprint density at radius 3 is 2.85 bits per heavy atom. The lowest BCUT2D eigenvalue weighted by atomic mass is 10.1. The molecule has 0 N–H and O–H groups in total. The van der Waals surface area contributed by atoms with Crippen molar-refractivity contribution in [3.8, 4) is 0 Å². The first-order valence-corrected chi connectivity index (χ1v) is 6.76. The Bertz CT molecular complexity index is 764. The molecule has 1 heterocycles. The molecule has 0 radical (unpaired) electrons. The van der Waals surface area contributed by atoms with E-state index in [4.69, 9.17) is 11.6 Å². The average molecular weight is 285 g/mol. The molecular weight excluding hydrogens is 272 g/mol. The third kappa shape index (κ3) is 2.73. The van der Waals surface area contributed by atoms with Crippen LogP contribution in [0.25, 0.3) is 11.0 Å². The molecule has 4 heteroatoms. The van der Waals surface area contributed by atoms with Gasteiger partial charge in [0.25, 0.3) is 0 Å². The SMILES string of the molecule is O=C(Cc1cccc(Cl)c1)Cn1cnc2ccccc21. The normalized spacial score (nSPS) is 10.8. The number of nitrogens with zero attached hydrogens (tertiary/aromatic N) is 2. The highest BCUT2D eigenvalue weighted by Crippen LogP contribution is 2.14. The summed E-state index contributed by atoms with van der Waals surface area (Å²) in [6, 6.07) is 15.2. The van der Waals surface area contributed by atoms with Gasteiger partial charge in [0.1, 0.15) is 0 Å². The largest absolute Gasteiger partial charge is 0.323 e. The Kier molecular flexibility index (Phi) is 3.52. The smallest absolute Gasteiger partial charge is 0.156 e. The standard InChI is InChI=1S/C16H13ClN2O/c17-13-5-3-4-12(8-13)9-14(20)10-19-11-18-15-6-1-2-7-16(15)19/h1-8,11H,9-10H2. The number of halogens is 1. The number of hydrogen-bond donors (Lipinski definition) is 0. The van der Waals surface area contributed by atoms with Crippen LogP contribution in [-0.2, 0) is 17.8 Å². The van der Waals surface area contributed by atoms with Crippen LogP contribution < -0.4 is 0 Å². The number of carbonyl (C=O) groups excluding carboxylic acids is 1. The van der Waals surface area contributed by atoms with Gasteiger partial charge in [0.15, 0.2) is 5.78 Å². The molecule has 0 saturated carbocycles. The zero-order valence-electron chi connectivity index (χ0n) is 10.8. The molecule has 0 atom stereocenters. The Labute approximate surface area is 121 Å². The third-order valence-electron chi connectivity index (χ3n) is 3.16. The third-order valence-corrected chi connectivity index (χ3v) is 3.40. The van der Waals surface area contributed by atoms with Crippen LogP contribution in [0.4, 0.5) is 0 Å². The number of Topliss-reactive ketones (excluding diaryl/α,β-unsaturated/α-hetero) is 1. The van der Waals surface area contributed by atoms with E-state index in [0.717, 1.165) is 16.6 Å². The van der Waals surface area contributed by atoms with Gasteiger partial charge in [-0.05, 0) is 29.8 Å². The molecule has 0 aliphatic carbocycles.